The Morgan fingerprint density at radius 3 is 2.86 bits per heavy atom. The van der Waals surface area contributed by atoms with Crippen molar-refractivity contribution in [2.45, 2.75) is 20.3 Å². The molecule has 0 fully saturated rings. The summed E-state index contributed by atoms with van der Waals surface area (Å²) in [5, 5.41) is 2.82. The third kappa shape index (κ3) is 2.79. The Morgan fingerprint density at radius 2 is 2.10 bits per heavy atom. The van der Waals surface area contributed by atoms with Crippen LogP contribution in [0.5, 0.6) is 0 Å². The summed E-state index contributed by atoms with van der Waals surface area (Å²) in [6.45, 7) is 3.85. The maximum atomic E-state index is 11.4. The second-order valence-corrected chi connectivity index (χ2v) is 4.97. The lowest BCUT2D eigenvalue weighted by Crippen LogP contribution is -2.08. The Morgan fingerprint density at radius 1 is 1.24 bits per heavy atom. The number of amides is 1. The number of hydrogen-bond acceptors (Lipinski definition) is 3. The number of anilines is 1. The van der Waals surface area contributed by atoms with Crippen LogP contribution >= 0.6 is 0 Å². The maximum Gasteiger partial charge on any atom is 0.227 e. The van der Waals surface area contributed by atoms with Gasteiger partial charge in [0.05, 0.1) is 0 Å². The summed E-state index contributed by atoms with van der Waals surface area (Å²) in [5.41, 5.74) is 4.28. The monoisotopic (exact) mass is 280 g/mol. The van der Waals surface area contributed by atoms with Crippen molar-refractivity contribution < 1.29 is 9.21 Å². The van der Waals surface area contributed by atoms with Crippen molar-refractivity contribution >= 4 is 22.7 Å². The number of oxazole rings is 1. The molecule has 1 aromatic heterocycles. The highest BCUT2D eigenvalue weighted by Crippen LogP contribution is 2.26. The van der Waals surface area contributed by atoms with Crippen LogP contribution in [0.1, 0.15) is 18.9 Å². The molecular formula is C17H16N2O2. The first kappa shape index (κ1) is 13.4. The summed E-state index contributed by atoms with van der Waals surface area (Å²) in [6, 6.07) is 13.5. The number of carbonyl (C=O) groups excluding carboxylic acids is 1. The van der Waals surface area contributed by atoms with Gasteiger partial charge >= 0.3 is 0 Å². The molecule has 1 heterocycles. The Bertz CT molecular complexity index is 805. The van der Waals surface area contributed by atoms with Crippen LogP contribution in [0.25, 0.3) is 22.6 Å². The molecule has 1 N–H and O–H groups in total. The molecule has 0 bridgehead atoms. The third-order valence-electron chi connectivity index (χ3n) is 3.26. The van der Waals surface area contributed by atoms with E-state index in [-0.39, 0.29) is 5.91 Å². The predicted molar refractivity (Wildman–Crippen MR) is 83.1 cm³/mol. The van der Waals surface area contributed by atoms with Crippen LogP contribution < -0.4 is 5.32 Å². The van der Waals surface area contributed by atoms with E-state index >= 15 is 0 Å². The molecule has 0 atom stereocenters. The minimum absolute atomic E-state index is 0.0206. The van der Waals surface area contributed by atoms with E-state index in [2.05, 4.69) is 10.3 Å². The molecule has 0 saturated heterocycles. The molecule has 0 unspecified atom stereocenters. The number of aryl methyl sites for hydroxylation is 1. The Kier molecular flexibility index (Phi) is 3.44. The fourth-order valence-electron chi connectivity index (χ4n) is 2.15. The molecule has 3 rings (SSSR count). The van der Waals surface area contributed by atoms with Crippen LogP contribution in [0.3, 0.4) is 0 Å². The number of fused-ring (bicyclic) bond motifs is 1. The van der Waals surface area contributed by atoms with Gasteiger partial charge in [0.25, 0.3) is 0 Å². The first-order chi connectivity index (χ1) is 10.2. The number of carbonyl (C=O) groups is 1. The van der Waals surface area contributed by atoms with E-state index in [1.165, 1.54) is 0 Å². The van der Waals surface area contributed by atoms with Crippen molar-refractivity contribution in [3.8, 4) is 11.5 Å². The predicted octanol–water partition coefficient (Wildman–Crippen LogP) is 4.15. The van der Waals surface area contributed by atoms with Crippen molar-refractivity contribution in [2.75, 3.05) is 5.32 Å². The quantitative estimate of drug-likeness (QED) is 0.784. The summed E-state index contributed by atoms with van der Waals surface area (Å²) in [5.74, 6) is 0.570. The van der Waals surface area contributed by atoms with Gasteiger partial charge in [0.2, 0.25) is 11.8 Å². The molecule has 0 aliphatic carbocycles. The largest absolute Gasteiger partial charge is 0.436 e. The minimum atomic E-state index is -0.0206. The molecule has 106 valence electrons. The molecule has 21 heavy (non-hydrogen) atoms. The van der Waals surface area contributed by atoms with Gasteiger partial charge in [-0.3, -0.25) is 4.79 Å². The molecule has 4 heteroatoms. The number of nitrogens with zero attached hydrogens (tertiary/aromatic N) is 1. The lowest BCUT2D eigenvalue weighted by atomic mass is 10.1. The normalized spacial score (nSPS) is 10.8. The Labute approximate surface area is 122 Å². The van der Waals surface area contributed by atoms with Crippen LogP contribution in [0, 0.1) is 6.92 Å². The molecule has 0 aliphatic rings. The zero-order valence-electron chi connectivity index (χ0n) is 12.0. The second kappa shape index (κ2) is 5.40. The second-order valence-electron chi connectivity index (χ2n) is 4.97. The van der Waals surface area contributed by atoms with E-state index in [0.29, 0.717) is 17.9 Å². The topological polar surface area (TPSA) is 55.1 Å². The highest BCUT2D eigenvalue weighted by atomic mass is 16.3. The number of aromatic nitrogens is 1. The minimum Gasteiger partial charge on any atom is -0.436 e. The van der Waals surface area contributed by atoms with Crippen LogP contribution in [0.4, 0.5) is 5.69 Å². The standard InChI is InChI=1S/C17H16N2O2/c1-3-16(20)18-13-7-8-14-15(10-13)21-17(19-14)12-6-4-5-11(2)9-12/h4-10H,3H2,1-2H3,(H,18,20). The van der Waals surface area contributed by atoms with Gasteiger partial charge in [-0.05, 0) is 31.2 Å². The molecule has 2 aromatic carbocycles. The van der Waals surface area contributed by atoms with Gasteiger partial charge in [-0.15, -0.1) is 0 Å². The van der Waals surface area contributed by atoms with E-state index in [4.69, 9.17) is 4.42 Å². The number of hydrogen-bond donors (Lipinski definition) is 1. The number of rotatable bonds is 3. The average Bonchev–Trinajstić information content (AvgIpc) is 2.90. The molecule has 0 radical (unpaired) electrons. The lowest BCUT2D eigenvalue weighted by Gasteiger charge is -2.01. The Balaban J connectivity index is 1.98. The fraction of sp³-hybridized carbons (Fsp3) is 0.176. The molecular weight excluding hydrogens is 264 g/mol. The summed E-state index contributed by atoms with van der Waals surface area (Å²) in [7, 11) is 0. The lowest BCUT2D eigenvalue weighted by molar-refractivity contribution is -0.115. The molecule has 4 nitrogen and oxygen atoms in total. The summed E-state index contributed by atoms with van der Waals surface area (Å²) < 4.78 is 5.80. The summed E-state index contributed by atoms with van der Waals surface area (Å²) >= 11 is 0. The van der Waals surface area contributed by atoms with E-state index < -0.39 is 0 Å². The van der Waals surface area contributed by atoms with E-state index in [0.717, 1.165) is 22.3 Å². The number of nitrogens with one attached hydrogen (secondary N) is 1. The molecule has 0 aliphatic heterocycles. The zero-order valence-corrected chi connectivity index (χ0v) is 12.0. The highest BCUT2D eigenvalue weighted by molar-refractivity contribution is 5.92. The first-order valence-corrected chi connectivity index (χ1v) is 6.93. The molecule has 0 spiro atoms. The van der Waals surface area contributed by atoms with Gasteiger partial charge in [0.1, 0.15) is 5.52 Å². The van der Waals surface area contributed by atoms with E-state index in [9.17, 15) is 4.79 Å². The van der Waals surface area contributed by atoms with Crippen molar-refractivity contribution in [2.24, 2.45) is 0 Å². The Hall–Kier alpha value is -2.62. The van der Waals surface area contributed by atoms with Gasteiger partial charge in [0, 0.05) is 23.7 Å². The molecule has 1 amide bonds. The van der Waals surface area contributed by atoms with Crippen molar-refractivity contribution in [3.05, 3.63) is 48.0 Å². The molecule has 3 aromatic rings. The van der Waals surface area contributed by atoms with Gasteiger partial charge in [0.15, 0.2) is 5.58 Å². The average molecular weight is 280 g/mol. The smallest absolute Gasteiger partial charge is 0.227 e. The van der Waals surface area contributed by atoms with Crippen molar-refractivity contribution in [1.29, 1.82) is 0 Å². The first-order valence-electron chi connectivity index (χ1n) is 6.93. The van der Waals surface area contributed by atoms with Gasteiger partial charge in [-0.25, -0.2) is 4.98 Å². The van der Waals surface area contributed by atoms with Gasteiger partial charge in [-0.1, -0.05) is 24.6 Å². The summed E-state index contributed by atoms with van der Waals surface area (Å²) in [4.78, 5) is 15.9. The highest BCUT2D eigenvalue weighted by Gasteiger charge is 2.09. The van der Waals surface area contributed by atoms with Crippen LogP contribution in [-0.2, 0) is 4.79 Å². The van der Waals surface area contributed by atoms with Crippen molar-refractivity contribution in [3.63, 3.8) is 0 Å². The molecule has 0 saturated carbocycles. The summed E-state index contributed by atoms with van der Waals surface area (Å²) in [6.07, 6.45) is 0.447. The fourth-order valence-corrected chi connectivity index (χ4v) is 2.15. The van der Waals surface area contributed by atoms with Crippen molar-refractivity contribution in [1.82, 2.24) is 4.98 Å². The number of benzene rings is 2. The SMILES string of the molecule is CCC(=O)Nc1ccc2nc(-c3cccc(C)c3)oc2c1. The van der Waals surface area contributed by atoms with Gasteiger partial charge < -0.3 is 9.73 Å². The third-order valence-corrected chi connectivity index (χ3v) is 3.26. The van der Waals surface area contributed by atoms with Crippen LogP contribution in [0.15, 0.2) is 46.9 Å². The van der Waals surface area contributed by atoms with E-state index in [1.807, 2.05) is 50.2 Å². The van der Waals surface area contributed by atoms with Crippen LogP contribution in [-0.4, -0.2) is 10.9 Å². The van der Waals surface area contributed by atoms with Gasteiger partial charge in [-0.2, -0.15) is 0 Å². The van der Waals surface area contributed by atoms with E-state index in [1.54, 1.807) is 6.07 Å². The maximum absolute atomic E-state index is 11.4. The van der Waals surface area contributed by atoms with Crippen LogP contribution in [0.2, 0.25) is 0 Å². The zero-order chi connectivity index (χ0) is 14.8.